The van der Waals surface area contributed by atoms with Crippen LogP contribution in [0, 0.1) is 0 Å². The maximum atomic E-state index is 11.8. The monoisotopic (exact) mass is 325 g/mol. The summed E-state index contributed by atoms with van der Waals surface area (Å²) in [6, 6.07) is 6.71. The van der Waals surface area contributed by atoms with E-state index in [4.69, 9.17) is 0 Å². The minimum atomic E-state index is -3.48. The zero-order valence-corrected chi connectivity index (χ0v) is 16.9. The molecule has 0 amide bonds. The van der Waals surface area contributed by atoms with Crippen LogP contribution in [-0.2, 0) is 10.0 Å². The normalized spacial score (nSPS) is 11.6. The van der Waals surface area contributed by atoms with Crippen LogP contribution in [0.2, 0.25) is 0 Å². The Labute approximate surface area is 153 Å². The van der Waals surface area contributed by atoms with Crippen molar-refractivity contribution in [1.29, 1.82) is 0 Å². The van der Waals surface area contributed by atoms with Gasteiger partial charge in [0.05, 0.1) is 0 Å². The van der Waals surface area contributed by atoms with Gasteiger partial charge in [-0.25, -0.2) is 8.42 Å². The Bertz CT molecular complexity index is 438. The van der Waals surface area contributed by atoms with Crippen molar-refractivity contribution in [3.8, 4) is 0 Å². The van der Waals surface area contributed by atoms with Crippen LogP contribution in [0.4, 0.5) is 0 Å². The zero-order chi connectivity index (χ0) is 12.3. The second-order valence-electron chi connectivity index (χ2n) is 4.40. The van der Waals surface area contributed by atoms with Gasteiger partial charge in [-0.2, -0.15) is 0 Å². The van der Waals surface area contributed by atoms with Gasteiger partial charge in [-0.05, 0) is 23.6 Å². The summed E-state index contributed by atoms with van der Waals surface area (Å²) in [5, 5.41) is 0. The predicted molar refractivity (Wildman–Crippen MR) is 66.2 cm³/mol. The number of hydrogen-bond donors (Lipinski definition) is 0. The molecule has 0 saturated carbocycles. The number of rotatable bonds is 4. The molecular formula is C12H18NO2RbS. The summed E-state index contributed by atoms with van der Waals surface area (Å²) in [5.74, 6) is 0.402. The Morgan fingerprint density at radius 1 is 1.00 bits per heavy atom. The number of hydrogen-bond acceptors (Lipinski definition) is 2. The first-order chi connectivity index (χ1) is 7.33. The van der Waals surface area contributed by atoms with Crippen LogP contribution in [0.3, 0.4) is 0 Å². The summed E-state index contributed by atoms with van der Waals surface area (Å²) in [5.41, 5.74) is 1.13. The fraction of sp³-hybridized carbons (Fsp3) is 0.500. The van der Waals surface area contributed by atoms with E-state index in [-0.39, 0.29) is 69.1 Å². The van der Waals surface area contributed by atoms with Crippen LogP contribution < -0.4 is 58.2 Å². The molecule has 3 nitrogen and oxygen atoms in total. The van der Waals surface area contributed by atoms with Crippen LogP contribution in [0.1, 0.15) is 39.2 Å². The van der Waals surface area contributed by atoms with E-state index in [1.807, 2.05) is 12.1 Å². The van der Waals surface area contributed by atoms with E-state index in [1.54, 1.807) is 26.0 Å². The first kappa shape index (κ1) is 17.9. The van der Waals surface area contributed by atoms with Crippen molar-refractivity contribution in [3.05, 3.63) is 34.6 Å². The molecule has 0 bridgehead atoms. The SMILES string of the molecule is CC(C)[N-]S(=O)(=O)c1ccc(C(C)C)cc1.[Rb+]. The summed E-state index contributed by atoms with van der Waals surface area (Å²) in [6.45, 7) is 7.64. The van der Waals surface area contributed by atoms with Crippen molar-refractivity contribution in [2.24, 2.45) is 0 Å². The Morgan fingerprint density at radius 3 is 1.82 bits per heavy atom. The molecule has 0 saturated heterocycles. The molecule has 0 aliphatic carbocycles. The molecule has 1 aromatic carbocycles. The summed E-state index contributed by atoms with van der Waals surface area (Å²) >= 11 is 0. The zero-order valence-electron chi connectivity index (χ0n) is 11.1. The predicted octanol–water partition coefficient (Wildman–Crippen LogP) is 0.285. The van der Waals surface area contributed by atoms with Crippen LogP contribution in [-0.4, -0.2) is 14.5 Å². The van der Waals surface area contributed by atoms with Crippen LogP contribution in [0.25, 0.3) is 4.72 Å². The van der Waals surface area contributed by atoms with Crippen molar-refractivity contribution >= 4 is 10.0 Å². The van der Waals surface area contributed by atoms with Crippen molar-refractivity contribution in [2.45, 2.75) is 44.6 Å². The van der Waals surface area contributed by atoms with Gasteiger partial charge in [-0.1, -0.05) is 39.8 Å². The molecule has 0 N–H and O–H groups in total. The molecule has 0 aromatic heterocycles. The molecule has 0 heterocycles. The van der Waals surface area contributed by atoms with Gasteiger partial charge in [0.15, 0.2) is 0 Å². The second kappa shape index (κ2) is 7.51. The Hall–Kier alpha value is 0.935. The molecule has 0 aliphatic heterocycles. The van der Waals surface area contributed by atoms with Gasteiger partial charge in [-0.15, -0.1) is 6.04 Å². The summed E-state index contributed by atoms with van der Waals surface area (Å²) in [6.07, 6.45) is 0. The van der Waals surface area contributed by atoms with Crippen molar-refractivity contribution < 1.29 is 66.6 Å². The fourth-order valence-electron chi connectivity index (χ4n) is 1.36. The third-order valence-corrected chi connectivity index (χ3v) is 3.76. The Kier molecular flexibility index (Phi) is 7.92. The maximum Gasteiger partial charge on any atom is 1.00 e. The molecule has 0 aliphatic rings. The van der Waals surface area contributed by atoms with Crippen molar-refractivity contribution in [2.75, 3.05) is 0 Å². The number of nitrogens with zero attached hydrogens (tertiary/aromatic N) is 1. The van der Waals surface area contributed by atoms with Crippen molar-refractivity contribution in [1.82, 2.24) is 0 Å². The molecule has 0 fully saturated rings. The minimum Gasteiger partial charge on any atom is -0.542 e. The largest absolute Gasteiger partial charge is 1.00 e. The average molecular weight is 326 g/mol. The molecule has 0 spiro atoms. The molecule has 0 unspecified atom stereocenters. The van der Waals surface area contributed by atoms with E-state index in [2.05, 4.69) is 18.6 Å². The molecule has 0 atom stereocenters. The minimum absolute atomic E-state index is 0. The van der Waals surface area contributed by atoms with E-state index in [0.29, 0.717) is 5.92 Å². The van der Waals surface area contributed by atoms with Gasteiger partial charge in [0.1, 0.15) is 10.0 Å². The molecule has 90 valence electrons. The average Bonchev–Trinajstić information content (AvgIpc) is 2.16. The van der Waals surface area contributed by atoms with Gasteiger partial charge in [0.2, 0.25) is 0 Å². The summed E-state index contributed by atoms with van der Waals surface area (Å²) in [7, 11) is -3.48. The van der Waals surface area contributed by atoms with E-state index in [1.165, 1.54) is 0 Å². The molecular weight excluding hydrogens is 308 g/mol. The Balaban J connectivity index is 0.00000256. The molecule has 5 heteroatoms. The van der Waals surface area contributed by atoms with Crippen LogP contribution >= 0.6 is 0 Å². The first-order valence-electron chi connectivity index (χ1n) is 5.40. The fourth-order valence-corrected chi connectivity index (χ4v) is 2.52. The first-order valence-corrected chi connectivity index (χ1v) is 6.84. The molecule has 0 radical (unpaired) electrons. The van der Waals surface area contributed by atoms with Crippen LogP contribution in [0.15, 0.2) is 29.2 Å². The second-order valence-corrected chi connectivity index (χ2v) is 6.03. The van der Waals surface area contributed by atoms with Gasteiger partial charge in [0.25, 0.3) is 0 Å². The van der Waals surface area contributed by atoms with Crippen LogP contribution in [0.5, 0.6) is 0 Å². The molecule has 17 heavy (non-hydrogen) atoms. The number of sulfonamides is 1. The quantitative estimate of drug-likeness (QED) is 0.798. The van der Waals surface area contributed by atoms with E-state index < -0.39 is 10.0 Å². The van der Waals surface area contributed by atoms with Gasteiger partial charge in [0, 0.05) is 4.90 Å². The molecule has 1 rings (SSSR count). The van der Waals surface area contributed by atoms with E-state index in [9.17, 15) is 8.42 Å². The van der Waals surface area contributed by atoms with Gasteiger partial charge >= 0.3 is 58.2 Å². The van der Waals surface area contributed by atoms with Gasteiger partial charge in [-0.3, -0.25) is 0 Å². The maximum absolute atomic E-state index is 11.8. The summed E-state index contributed by atoms with van der Waals surface area (Å²) in [4.78, 5) is 0.269. The Morgan fingerprint density at radius 2 is 1.47 bits per heavy atom. The van der Waals surface area contributed by atoms with E-state index >= 15 is 0 Å². The van der Waals surface area contributed by atoms with Crippen molar-refractivity contribution in [3.63, 3.8) is 0 Å². The smallest absolute Gasteiger partial charge is 0.542 e. The third-order valence-electron chi connectivity index (χ3n) is 2.19. The standard InChI is InChI=1S/C12H18NO2S.Rb/c1-9(2)11-5-7-12(8-6-11)16(14,15)13-10(3)4;/h5-10H,1-4H3;/q-1;+1. The van der Waals surface area contributed by atoms with E-state index in [0.717, 1.165) is 5.56 Å². The number of benzene rings is 1. The molecule has 1 aromatic rings. The topological polar surface area (TPSA) is 48.2 Å². The van der Waals surface area contributed by atoms with Gasteiger partial charge < -0.3 is 4.72 Å². The third kappa shape index (κ3) is 5.62. The summed E-state index contributed by atoms with van der Waals surface area (Å²) < 4.78 is 27.2.